The van der Waals surface area contributed by atoms with Gasteiger partial charge in [-0.15, -0.1) is 0 Å². The van der Waals surface area contributed by atoms with Crippen LogP contribution >= 0.6 is 0 Å². The molecule has 0 fully saturated rings. The maximum Gasteiger partial charge on any atom is 0.0741 e. The average Bonchev–Trinajstić information content (AvgIpc) is 2.51. The Morgan fingerprint density at radius 3 is 1.95 bits per heavy atom. The molecule has 21 heavy (non-hydrogen) atoms. The standard InChI is InChI=1S/C20H23N/c1-3-5-9-16-11-7-13-18-14-17-12-6-10-15(8-4-2)19(17)21-20(16)18/h6-7,10-14H,3-5,8-9H2,1-2H3. The second kappa shape index (κ2) is 6.26. The van der Waals surface area contributed by atoms with Crippen LogP contribution in [0.25, 0.3) is 21.8 Å². The first-order chi connectivity index (χ1) is 10.3. The van der Waals surface area contributed by atoms with Gasteiger partial charge < -0.3 is 0 Å². The Balaban J connectivity index is 2.21. The van der Waals surface area contributed by atoms with Gasteiger partial charge in [0, 0.05) is 10.8 Å². The highest BCUT2D eigenvalue weighted by molar-refractivity contribution is 5.95. The van der Waals surface area contributed by atoms with Gasteiger partial charge in [0.2, 0.25) is 0 Å². The molecule has 0 atom stereocenters. The maximum absolute atomic E-state index is 5.05. The van der Waals surface area contributed by atoms with Crippen LogP contribution in [0.3, 0.4) is 0 Å². The van der Waals surface area contributed by atoms with E-state index in [0.29, 0.717) is 0 Å². The number of hydrogen-bond acceptors (Lipinski definition) is 1. The second-order valence-electron chi connectivity index (χ2n) is 5.82. The van der Waals surface area contributed by atoms with Crippen LogP contribution in [0.2, 0.25) is 0 Å². The number of pyridine rings is 1. The largest absolute Gasteiger partial charge is 0.247 e. The molecule has 1 heteroatoms. The molecule has 0 unspecified atom stereocenters. The van der Waals surface area contributed by atoms with Crippen molar-refractivity contribution < 1.29 is 0 Å². The summed E-state index contributed by atoms with van der Waals surface area (Å²) in [6.45, 7) is 4.47. The van der Waals surface area contributed by atoms with E-state index < -0.39 is 0 Å². The van der Waals surface area contributed by atoms with E-state index in [9.17, 15) is 0 Å². The summed E-state index contributed by atoms with van der Waals surface area (Å²) in [6, 6.07) is 15.4. The molecule has 0 radical (unpaired) electrons. The first-order valence-electron chi connectivity index (χ1n) is 8.13. The average molecular weight is 277 g/mol. The zero-order chi connectivity index (χ0) is 14.7. The van der Waals surface area contributed by atoms with Crippen LogP contribution in [0, 0.1) is 0 Å². The fourth-order valence-electron chi connectivity index (χ4n) is 3.05. The summed E-state index contributed by atoms with van der Waals surface area (Å²) in [7, 11) is 0. The summed E-state index contributed by atoms with van der Waals surface area (Å²) in [5.74, 6) is 0. The minimum absolute atomic E-state index is 1.10. The third-order valence-corrected chi connectivity index (χ3v) is 4.16. The van der Waals surface area contributed by atoms with Crippen molar-refractivity contribution >= 4 is 21.8 Å². The summed E-state index contributed by atoms with van der Waals surface area (Å²) in [5.41, 5.74) is 5.16. The van der Waals surface area contributed by atoms with Crippen molar-refractivity contribution in [1.82, 2.24) is 4.98 Å². The molecule has 1 nitrogen and oxygen atoms in total. The summed E-state index contributed by atoms with van der Waals surface area (Å²) >= 11 is 0. The summed E-state index contributed by atoms with van der Waals surface area (Å²) < 4.78 is 0. The molecule has 0 bridgehead atoms. The fraction of sp³-hybridized carbons (Fsp3) is 0.350. The molecule has 108 valence electrons. The lowest BCUT2D eigenvalue weighted by molar-refractivity contribution is 0.798. The Morgan fingerprint density at radius 2 is 1.38 bits per heavy atom. The number of aryl methyl sites for hydroxylation is 2. The van der Waals surface area contributed by atoms with Crippen molar-refractivity contribution in [2.24, 2.45) is 0 Å². The second-order valence-corrected chi connectivity index (χ2v) is 5.82. The first-order valence-corrected chi connectivity index (χ1v) is 8.13. The molecule has 0 spiro atoms. The number of fused-ring (bicyclic) bond motifs is 2. The molecular formula is C20H23N. The van der Waals surface area contributed by atoms with Crippen molar-refractivity contribution in [2.75, 3.05) is 0 Å². The lowest BCUT2D eigenvalue weighted by Gasteiger charge is -2.10. The highest BCUT2D eigenvalue weighted by Gasteiger charge is 2.07. The molecule has 1 aromatic heterocycles. The monoisotopic (exact) mass is 277 g/mol. The third kappa shape index (κ3) is 2.78. The predicted molar refractivity (Wildman–Crippen MR) is 91.9 cm³/mol. The third-order valence-electron chi connectivity index (χ3n) is 4.16. The minimum atomic E-state index is 1.10. The number of hydrogen-bond donors (Lipinski definition) is 0. The van der Waals surface area contributed by atoms with Crippen LogP contribution in [-0.2, 0) is 12.8 Å². The summed E-state index contributed by atoms with van der Waals surface area (Å²) in [5, 5.41) is 2.53. The van der Waals surface area contributed by atoms with Crippen LogP contribution in [0.15, 0.2) is 42.5 Å². The number of rotatable bonds is 5. The van der Waals surface area contributed by atoms with Crippen molar-refractivity contribution in [2.45, 2.75) is 46.0 Å². The quantitative estimate of drug-likeness (QED) is 0.546. The van der Waals surface area contributed by atoms with E-state index in [1.807, 2.05) is 0 Å². The molecule has 0 N–H and O–H groups in total. The molecule has 0 aliphatic carbocycles. The number of aromatic nitrogens is 1. The number of nitrogens with zero attached hydrogens (tertiary/aromatic N) is 1. The van der Waals surface area contributed by atoms with Crippen LogP contribution in [0.1, 0.15) is 44.2 Å². The lowest BCUT2D eigenvalue weighted by atomic mass is 10.0. The molecule has 0 amide bonds. The predicted octanol–water partition coefficient (Wildman–Crippen LogP) is 5.68. The molecule has 1 heterocycles. The Labute approximate surface area is 127 Å². The van der Waals surface area contributed by atoms with E-state index in [1.165, 1.54) is 45.8 Å². The summed E-state index contributed by atoms with van der Waals surface area (Å²) in [6.07, 6.45) is 5.85. The molecule has 3 aromatic rings. The smallest absolute Gasteiger partial charge is 0.0741 e. The van der Waals surface area contributed by atoms with Gasteiger partial charge in [-0.2, -0.15) is 0 Å². The van der Waals surface area contributed by atoms with Gasteiger partial charge in [0.1, 0.15) is 0 Å². The molecule has 0 saturated heterocycles. The van der Waals surface area contributed by atoms with Gasteiger partial charge in [-0.1, -0.05) is 63.1 Å². The Morgan fingerprint density at radius 1 is 0.762 bits per heavy atom. The van der Waals surface area contributed by atoms with Crippen molar-refractivity contribution in [3.8, 4) is 0 Å². The van der Waals surface area contributed by atoms with E-state index in [-0.39, 0.29) is 0 Å². The zero-order valence-electron chi connectivity index (χ0n) is 13.0. The van der Waals surface area contributed by atoms with Gasteiger partial charge in [0.25, 0.3) is 0 Å². The zero-order valence-corrected chi connectivity index (χ0v) is 13.0. The van der Waals surface area contributed by atoms with Crippen LogP contribution in [0.4, 0.5) is 0 Å². The van der Waals surface area contributed by atoms with Crippen molar-refractivity contribution in [1.29, 1.82) is 0 Å². The van der Waals surface area contributed by atoms with E-state index in [2.05, 4.69) is 56.3 Å². The number of para-hydroxylation sites is 2. The lowest BCUT2D eigenvalue weighted by Crippen LogP contribution is -1.94. The van der Waals surface area contributed by atoms with Gasteiger partial charge >= 0.3 is 0 Å². The minimum Gasteiger partial charge on any atom is -0.247 e. The maximum atomic E-state index is 5.05. The van der Waals surface area contributed by atoms with Crippen LogP contribution in [-0.4, -0.2) is 4.98 Å². The number of unbranched alkanes of at least 4 members (excludes halogenated alkanes) is 1. The number of benzene rings is 2. The van der Waals surface area contributed by atoms with Crippen molar-refractivity contribution in [3.63, 3.8) is 0 Å². The normalized spacial score (nSPS) is 11.3. The molecule has 2 aromatic carbocycles. The highest BCUT2D eigenvalue weighted by atomic mass is 14.7. The summed E-state index contributed by atoms with van der Waals surface area (Å²) in [4.78, 5) is 5.05. The van der Waals surface area contributed by atoms with E-state index >= 15 is 0 Å². The van der Waals surface area contributed by atoms with Gasteiger partial charge in [-0.25, -0.2) is 4.98 Å². The van der Waals surface area contributed by atoms with Gasteiger partial charge in [-0.05, 0) is 36.5 Å². The van der Waals surface area contributed by atoms with Gasteiger partial charge in [0.05, 0.1) is 11.0 Å². The Kier molecular flexibility index (Phi) is 4.19. The molecule has 0 aliphatic rings. The first kappa shape index (κ1) is 14.1. The van der Waals surface area contributed by atoms with E-state index in [4.69, 9.17) is 4.98 Å². The van der Waals surface area contributed by atoms with Gasteiger partial charge in [0.15, 0.2) is 0 Å². The SMILES string of the molecule is CCCCc1cccc2cc3cccc(CCC)c3nc12. The molecule has 0 aliphatic heterocycles. The van der Waals surface area contributed by atoms with E-state index in [1.54, 1.807) is 0 Å². The van der Waals surface area contributed by atoms with Crippen molar-refractivity contribution in [3.05, 3.63) is 53.6 Å². The highest BCUT2D eigenvalue weighted by Crippen LogP contribution is 2.26. The van der Waals surface area contributed by atoms with Crippen LogP contribution in [0.5, 0.6) is 0 Å². The molecular weight excluding hydrogens is 254 g/mol. The van der Waals surface area contributed by atoms with Gasteiger partial charge in [-0.3, -0.25) is 0 Å². The van der Waals surface area contributed by atoms with E-state index in [0.717, 1.165) is 19.3 Å². The topological polar surface area (TPSA) is 12.9 Å². The Hall–Kier alpha value is -1.89. The Bertz CT molecular complexity index is 758. The fourth-order valence-corrected chi connectivity index (χ4v) is 3.05. The molecule has 3 rings (SSSR count). The molecule has 0 saturated carbocycles. The van der Waals surface area contributed by atoms with Crippen LogP contribution < -0.4 is 0 Å².